The van der Waals surface area contributed by atoms with Crippen molar-refractivity contribution in [3.63, 3.8) is 0 Å². The largest absolute Gasteiger partial charge is 0.458 e. The summed E-state index contributed by atoms with van der Waals surface area (Å²) in [7, 11) is 0. The molecule has 0 bridgehead atoms. The zero-order chi connectivity index (χ0) is 9.45. The normalized spacial score (nSPS) is 8.50. The third-order valence-corrected chi connectivity index (χ3v) is 0.749. The molecular weight excluding hydrogens is 165 g/mol. The van der Waals surface area contributed by atoms with Gasteiger partial charge in [0.25, 0.3) is 0 Å². The lowest BCUT2D eigenvalue weighted by molar-refractivity contribution is -0.0696. The molecule has 0 aliphatic rings. The summed E-state index contributed by atoms with van der Waals surface area (Å²) < 4.78 is 34.1. The first-order valence-corrected chi connectivity index (χ1v) is 3.06. The van der Waals surface area contributed by atoms with Gasteiger partial charge in [-0.05, 0) is 11.8 Å². The van der Waals surface area contributed by atoms with Gasteiger partial charge in [0, 0.05) is 18.8 Å². The van der Waals surface area contributed by atoms with E-state index >= 15 is 0 Å². The number of hydrogen-bond acceptors (Lipinski definition) is 0. The Kier molecular flexibility index (Phi) is 4.51. The second kappa shape index (κ2) is 5.16. The molecule has 0 unspecified atom stereocenters. The predicted octanol–water partition coefficient (Wildman–Crippen LogP) is 1.97. The van der Waals surface area contributed by atoms with Crippen molar-refractivity contribution in [1.82, 2.24) is 0 Å². The summed E-state index contributed by atoms with van der Waals surface area (Å²) in [6.07, 6.45) is 1.23. The lowest BCUT2D eigenvalue weighted by Gasteiger charge is -1.89. The van der Waals surface area contributed by atoms with E-state index in [0.29, 0.717) is 12.8 Å². The summed E-state index contributed by atoms with van der Waals surface area (Å²) in [5, 5.41) is 0. The molecule has 0 saturated carbocycles. The van der Waals surface area contributed by atoms with Crippen LogP contribution in [0, 0.1) is 36.0 Å². The van der Waals surface area contributed by atoms with Crippen LogP contribution in [0.2, 0.25) is 0 Å². The van der Waals surface area contributed by atoms with Crippen LogP contribution in [0.1, 0.15) is 12.8 Å². The zero-order valence-electron chi connectivity index (χ0n) is 6.13. The number of rotatable bonds is 1. The van der Waals surface area contributed by atoms with Crippen molar-refractivity contribution in [3.05, 3.63) is 0 Å². The Balaban J connectivity index is 3.84. The third kappa shape index (κ3) is 8.47. The first kappa shape index (κ1) is 10.5. The van der Waals surface area contributed by atoms with Gasteiger partial charge in [-0.2, -0.15) is 13.2 Å². The molecule has 0 rings (SSSR count). The van der Waals surface area contributed by atoms with E-state index in [1.54, 1.807) is 5.92 Å². The van der Waals surface area contributed by atoms with Crippen LogP contribution in [0.4, 0.5) is 13.2 Å². The van der Waals surface area contributed by atoms with E-state index in [-0.39, 0.29) is 0 Å². The van der Waals surface area contributed by atoms with Crippen molar-refractivity contribution in [3.8, 4) is 36.0 Å². The molecule has 0 fully saturated rings. The maximum atomic E-state index is 11.4. The fourth-order valence-electron chi connectivity index (χ4n) is 0.343. The van der Waals surface area contributed by atoms with E-state index in [1.807, 2.05) is 0 Å². The summed E-state index contributed by atoms with van der Waals surface area (Å²) in [6.45, 7) is 0. The van der Waals surface area contributed by atoms with Gasteiger partial charge in [0.2, 0.25) is 0 Å². The summed E-state index contributed by atoms with van der Waals surface area (Å²) in [6, 6.07) is 0. The maximum Gasteiger partial charge on any atom is 0.458 e. The van der Waals surface area contributed by atoms with Crippen molar-refractivity contribution in [2.75, 3.05) is 0 Å². The Bertz CT molecular complexity index is 282. The molecule has 62 valence electrons. The van der Waals surface area contributed by atoms with Crippen LogP contribution < -0.4 is 0 Å². The van der Waals surface area contributed by atoms with Gasteiger partial charge in [0.15, 0.2) is 0 Å². The van der Waals surface area contributed by atoms with Crippen LogP contribution in [0.5, 0.6) is 0 Å². The molecule has 0 saturated heterocycles. The highest BCUT2D eigenvalue weighted by Gasteiger charge is 2.22. The van der Waals surface area contributed by atoms with E-state index in [4.69, 9.17) is 6.42 Å². The van der Waals surface area contributed by atoms with Crippen LogP contribution in [0.15, 0.2) is 0 Å². The Labute approximate surface area is 69.2 Å². The van der Waals surface area contributed by atoms with Gasteiger partial charge in [0.05, 0.1) is 0 Å². The molecule has 12 heavy (non-hydrogen) atoms. The van der Waals surface area contributed by atoms with Gasteiger partial charge in [-0.15, -0.1) is 12.3 Å². The minimum absolute atomic E-state index is 0.378. The Morgan fingerprint density at radius 1 is 1.08 bits per heavy atom. The standard InChI is InChI=1S/C9H5F3/c1-2-3-4-5-6-7-8-9(10,11)12/h1H,3-4H2. The zero-order valence-corrected chi connectivity index (χ0v) is 6.13. The minimum atomic E-state index is -4.46. The summed E-state index contributed by atoms with van der Waals surface area (Å²) in [5.41, 5.74) is 0. The molecule has 0 aromatic rings. The van der Waals surface area contributed by atoms with Crippen molar-refractivity contribution < 1.29 is 13.2 Å². The minimum Gasteiger partial charge on any atom is -0.159 e. The van der Waals surface area contributed by atoms with E-state index < -0.39 is 6.18 Å². The molecule has 0 aromatic heterocycles. The van der Waals surface area contributed by atoms with Crippen LogP contribution in [0.3, 0.4) is 0 Å². The van der Waals surface area contributed by atoms with E-state index in [0.717, 1.165) is 5.92 Å². The molecule has 0 radical (unpaired) electrons. The first-order valence-electron chi connectivity index (χ1n) is 3.06. The summed E-state index contributed by atoms with van der Waals surface area (Å²) >= 11 is 0. The quantitative estimate of drug-likeness (QED) is 0.417. The molecule has 0 spiro atoms. The molecule has 0 heterocycles. The maximum absolute atomic E-state index is 11.4. The Morgan fingerprint density at radius 2 is 1.75 bits per heavy atom. The van der Waals surface area contributed by atoms with E-state index in [1.165, 1.54) is 0 Å². The number of terminal acetylenes is 1. The number of halogens is 3. The van der Waals surface area contributed by atoms with Crippen molar-refractivity contribution in [2.45, 2.75) is 19.0 Å². The molecule has 0 aromatic carbocycles. The Hall–Kier alpha value is -1.53. The van der Waals surface area contributed by atoms with Gasteiger partial charge in [-0.3, -0.25) is 0 Å². The molecule has 0 aliphatic carbocycles. The van der Waals surface area contributed by atoms with Gasteiger partial charge in [-0.25, -0.2) is 0 Å². The Morgan fingerprint density at radius 3 is 2.25 bits per heavy atom. The van der Waals surface area contributed by atoms with Gasteiger partial charge in [0.1, 0.15) is 0 Å². The molecule has 0 amide bonds. The molecule has 0 aliphatic heterocycles. The van der Waals surface area contributed by atoms with Crippen LogP contribution in [0.25, 0.3) is 0 Å². The van der Waals surface area contributed by atoms with Crippen LogP contribution >= 0.6 is 0 Å². The smallest absolute Gasteiger partial charge is 0.159 e. The highest BCUT2D eigenvalue weighted by Crippen LogP contribution is 2.11. The first-order chi connectivity index (χ1) is 5.56. The second-order valence-corrected chi connectivity index (χ2v) is 1.75. The van der Waals surface area contributed by atoms with Crippen LogP contribution in [-0.4, -0.2) is 6.18 Å². The molecule has 0 nitrogen and oxygen atoms in total. The number of alkyl halides is 3. The predicted molar refractivity (Wildman–Crippen MR) is 39.7 cm³/mol. The van der Waals surface area contributed by atoms with Crippen molar-refractivity contribution >= 4 is 0 Å². The highest BCUT2D eigenvalue weighted by molar-refractivity contribution is 5.27. The van der Waals surface area contributed by atoms with Gasteiger partial charge >= 0.3 is 6.18 Å². The third-order valence-electron chi connectivity index (χ3n) is 0.749. The molecule has 0 atom stereocenters. The fraction of sp³-hybridized carbons (Fsp3) is 0.333. The lowest BCUT2D eigenvalue weighted by atomic mass is 10.3. The van der Waals surface area contributed by atoms with Gasteiger partial charge < -0.3 is 0 Å². The molecular formula is C9H5F3. The van der Waals surface area contributed by atoms with Crippen LogP contribution in [-0.2, 0) is 0 Å². The summed E-state index contributed by atoms with van der Waals surface area (Å²) in [4.78, 5) is 0. The topological polar surface area (TPSA) is 0 Å². The second-order valence-electron chi connectivity index (χ2n) is 1.75. The van der Waals surface area contributed by atoms with Gasteiger partial charge in [-0.1, -0.05) is 5.92 Å². The highest BCUT2D eigenvalue weighted by atomic mass is 19.4. The van der Waals surface area contributed by atoms with E-state index in [9.17, 15) is 13.2 Å². The van der Waals surface area contributed by atoms with Crippen molar-refractivity contribution in [1.29, 1.82) is 0 Å². The lowest BCUT2D eigenvalue weighted by Crippen LogP contribution is -2.00. The van der Waals surface area contributed by atoms with E-state index in [2.05, 4.69) is 17.8 Å². The number of hydrogen-bond donors (Lipinski definition) is 0. The average molecular weight is 170 g/mol. The average Bonchev–Trinajstić information content (AvgIpc) is 1.94. The molecule has 0 N–H and O–H groups in total. The molecule has 3 heteroatoms. The SMILES string of the molecule is C#CCCC#CC#CC(F)(F)F. The summed E-state index contributed by atoms with van der Waals surface area (Å²) in [5.74, 6) is 9.45. The monoisotopic (exact) mass is 170 g/mol. The van der Waals surface area contributed by atoms with Crippen molar-refractivity contribution in [2.24, 2.45) is 0 Å². The number of unbranched alkanes of at least 4 members (excludes halogenated alkanes) is 1. The fourth-order valence-corrected chi connectivity index (χ4v) is 0.343.